The summed E-state index contributed by atoms with van der Waals surface area (Å²) in [6.45, 7) is 0. The molecule has 0 bridgehead atoms. The summed E-state index contributed by atoms with van der Waals surface area (Å²) in [6.07, 6.45) is 0. The fourth-order valence-corrected chi connectivity index (χ4v) is 2.96. The van der Waals surface area contributed by atoms with E-state index in [2.05, 4.69) is 39.1 Å². The average Bonchev–Trinajstić information content (AvgIpc) is 2.73. The van der Waals surface area contributed by atoms with E-state index in [0.29, 0.717) is 0 Å². The van der Waals surface area contributed by atoms with Crippen molar-refractivity contribution in [2.45, 2.75) is 0 Å². The Morgan fingerprint density at radius 2 is 1.89 bits per heavy atom. The van der Waals surface area contributed by atoms with Gasteiger partial charge in [-0.15, -0.1) is 0 Å². The number of aromatic nitrogens is 2. The van der Waals surface area contributed by atoms with Gasteiger partial charge >= 0.3 is 0 Å². The first-order chi connectivity index (χ1) is 9.20. The molecule has 4 heteroatoms. The molecule has 0 aliphatic rings. The molecule has 4 aromatic rings. The van der Waals surface area contributed by atoms with Gasteiger partial charge in [-0.1, -0.05) is 27.5 Å². The van der Waals surface area contributed by atoms with Gasteiger partial charge in [0.05, 0.1) is 16.6 Å². The first-order valence-corrected chi connectivity index (χ1v) is 7.05. The predicted molar refractivity (Wildman–Crippen MR) is 83.8 cm³/mol. The van der Waals surface area contributed by atoms with Gasteiger partial charge in [-0.2, -0.15) is 0 Å². The summed E-state index contributed by atoms with van der Waals surface area (Å²) in [6, 6.07) is 14.0. The summed E-state index contributed by atoms with van der Waals surface area (Å²) in [4.78, 5) is 8.13. The van der Waals surface area contributed by atoms with Crippen molar-refractivity contribution < 1.29 is 0 Å². The first-order valence-electron chi connectivity index (χ1n) is 5.88. The SMILES string of the molecule is Clc1ccc2nc3c(cc2c1)[nH]c1ccc(Br)cc13. The highest BCUT2D eigenvalue weighted by molar-refractivity contribution is 9.10. The van der Waals surface area contributed by atoms with Gasteiger partial charge in [-0.25, -0.2) is 4.98 Å². The van der Waals surface area contributed by atoms with E-state index >= 15 is 0 Å². The second-order valence-corrected chi connectivity index (χ2v) is 5.89. The molecule has 0 aliphatic carbocycles. The second-order valence-electron chi connectivity index (χ2n) is 4.54. The Morgan fingerprint density at radius 1 is 1.00 bits per heavy atom. The van der Waals surface area contributed by atoms with Crippen LogP contribution in [0.3, 0.4) is 0 Å². The van der Waals surface area contributed by atoms with Crippen molar-refractivity contribution in [1.29, 1.82) is 0 Å². The maximum Gasteiger partial charge on any atom is 0.0965 e. The normalized spacial score (nSPS) is 11.7. The van der Waals surface area contributed by atoms with Gasteiger partial charge in [0.2, 0.25) is 0 Å². The lowest BCUT2D eigenvalue weighted by molar-refractivity contribution is 1.49. The molecule has 0 spiro atoms. The highest BCUT2D eigenvalue weighted by atomic mass is 79.9. The Labute approximate surface area is 122 Å². The number of pyridine rings is 1. The number of nitrogens with zero attached hydrogens (tertiary/aromatic N) is 1. The summed E-state index contributed by atoms with van der Waals surface area (Å²) in [7, 11) is 0. The number of rotatable bonds is 0. The molecule has 92 valence electrons. The Bertz CT molecular complexity index is 943. The van der Waals surface area contributed by atoms with Crippen molar-refractivity contribution in [3.8, 4) is 0 Å². The maximum absolute atomic E-state index is 6.03. The molecule has 0 amide bonds. The number of fused-ring (bicyclic) bond motifs is 4. The van der Waals surface area contributed by atoms with Gasteiger partial charge in [0, 0.05) is 25.8 Å². The number of aromatic amines is 1. The van der Waals surface area contributed by atoms with Crippen LogP contribution < -0.4 is 0 Å². The summed E-state index contributed by atoms with van der Waals surface area (Å²) >= 11 is 9.53. The molecular formula is C15H8BrClN2. The molecule has 0 aliphatic heterocycles. The zero-order chi connectivity index (χ0) is 13.0. The van der Waals surface area contributed by atoms with Crippen LogP contribution in [-0.2, 0) is 0 Å². The summed E-state index contributed by atoms with van der Waals surface area (Å²) < 4.78 is 1.05. The lowest BCUT2D eigenvalue weighted by atomic mass is 10.2. The molecule has 1 N–H and O–H groups in total. The Kier molecular flexibility index (Phi) is 2.34. The topological polar surface area (TPSA) is 28.7 Å². The first kappa shape index (κ1) is 11.3. The lowest BCUT2D eigenvalue weighted by Gasteiger charge is -1.98. The fraction of sp³-hybridized carbons (Fsp3) is 0. The minimum Gasteiger partial charge on any atom is -0.353 e. The minimum absolute atomic E-state index is 0.729. The quantitative estimate of drug-likeness (QED) is 0.466. The molecule has 0 unspecified atom stereocenters. The zero-order valence-electron chi connectivity index (χ0n) is 9.74. The third-order valence-corrected chi connectivity index (χ3v) is 4.01. The standard InChI is InChI=1S/C15H8BrClN2/c16-9-1-3-13-11(7-9)15-14(18-13)6-8-5-10(17)2-4-12(8)19-15/h1-7,18H. The average molecular weight is 332 g/mol. The van der Waals surface area contributed by atoms with Crippen LogP contribution in [0.4, 0.5) is 0 Å². The number of nitrogens with one attached hydrogen (secondary N) is 1. The van der Waals surface area contributed by atoms with E-state index in [1.807, 2.05) is 24.3 Å². The Morgan fingerprint density at radius 3 is 2.79 bits per heavy atom. The van der Waals surface area contributed by atoms with E-state index in [9.17, 15) is 0 Å². The number of hydrogen-bond acceptors (Lipinski definition) is 1. The third-order valence-electron chi connectivity index (χ3n) is 3.28. The van der Waals surface area contributed by atoms with Gasteiger partial charge < -0.3 is 4.98 Å². The molecule has 0 saturated carbocycles. The van der Waals surface area contributed by atoms with Crippen molar-refractivity contribution in [1.82, 2.24) is 9.97 Å². The van der Waals surface area contributed by atoms with E-state index in [-0.39, 0.29) is 0 Å². The van der Waals surface area contributed by atoms with Crippen molar-refractivity contribution >= 4 is 60.4 Å². The smallest absolute Gasteiger partial charge is 0.0965 e. The monoisotopic (exact) mass is 330 g/mol. The molecule has 4 rings (SSSR count). The van der Waals surface area contributed by atoms with E-state index in [0.717, 1.165) is 42.3 Å². The molecule has 0 atom stereocenters. The van der Waals surface area contributed by atoms with Crippen LogP contribution in [0.5, 0.6) is 0 Å². The summed E-state index contributed by atoms with van der Waals surface area (Å²) in [5, 5.41) is 2.90. The predicted octanol–water partition coefficient (Wildman–Crippen LogP) is 5.29. The molecule has 2 nitrogen and oxygen atoms in total. The highest BCUT2D eigenvalue weighted by Crippen LogP contribution is 2.29. The number of benzene rings is 2. The van der Waals surface area contributed by atoms with Gasteiger partial charge in [-0.3, -0.25) is 0 Å². The molecule has 19 heavy (non-hydrogen) atoms. The molecule has 0 radical (unpaired) electrons. The van der Waals surface area contributed by atoms with Gasteiger partial charge in [0.1, 0.15) is 0 Å². The third kappa shape index (κ3) is 1.73. The van der Waals surface area contributed by atoms with Crippen molar-refractivity contribution in [2.75, 3.05) is 0 Å². The van der Waals surface area contributed by atoms with Crippen LogP contribution >= 0.6 is 27.5 Å². The highest BCUT2D eigenvalue weighted by Gasteiger charge is 2.08. The van der Waals surface area contributed by atoms with Gasteiger partial charge in [-0.05, 0) is 42.5 Å². The number of halogens is 2. The van der Waals surface area contributed by atoms with Crippen LogP contribution in [0, 0.1) is 0 Å². The van der Waals surface area contributed by atoms with Crippen molar-refractivity contribution in [3.63, 3.8) is 0 Å². The van der Waals surface area contributed by atoms with Gasteiger partial charge in [0.15, 0.2) is 0 Å². The Hall–Kier alpha value is -1.58. The molecular weight excluding hydrogens is 324 g/mol. The van der Waals surface area contributed by atoms with E-state index in [1.165, 1.54) is 0 Å². The van der Waals surface area contributed by atoms with Crippen LogP contribution in [-0.4, -0.2) is 9.97 Å². The fourth-order valence-electron chi connectivity index (χ4n) is 2.41. The second kappa shape index (κ2) is 3.95. The lowest BCUT2D eigenvalue weighted by Crippen LogP contribution is -1.80. The number of hydrogen-bond donors (Lipinski definition) is 1. The van der Waals surface area contributed by atoms with Crippen LogP contribution in [0.2, 0.25) is 5.02 Å². The van der Waals surface area contributed by atoms with E-state index < -0.39 is 0 Å². The van der Waals surface area contributed by atoms with Crippen LogP contribution in [0.15, 0.2) is 46.9 Å². The Balaban J connectivity index is 2.20. The van der Waals surface area contributed by atoms with Crippen molar-refractivity contribution in [3.05, 3.63) is 52.0 Å². The molecule has 2 aromatic carbocycles. The van der Waals surface area contributed by atoms with Crippen molar-refractivity contribution in [2.24, 2.45) is 0 Å². The summed E-state index contributed by atoms with van der Waals surface area (Å²) in [5.74, 6) is 0. The maximum atomic E-state index is 6.03. The van der Waals surface area contributed by atoms with Crippen LogP contribution in [0.1, 0.15) is 0 Å². The number of H-pyrrole nitrogens is 1. The zero-order valence-corrected chi connectivity index (χ0v) is 12.1. The molecule has 0 fully saturated rings. The largest absolute Gasteiger partial charge is 0.353 e. The molecule has 2 heterocycles. The minimum atomic E-state index is 0.729. The van der Waals surface area contributed by atoms with Crippen LogP contribution in [0.25, 0.3) is 32.8 Å². The van der Waals surface area contributed by atoms with E-state index in [1.54, 1.807) is 0 Å². The van der Waals surface area contributed by atoms with Gasteiger partial charge in [0.25, 0.3) is 0 Å². The summed E-state index contributed by atoms with van der Waals surface area (Å²) in [5.41, 5.74) is 4.07. The molecule has 2 aromatic heterocycles. The molecule has 0 saturated heterocycles. The van der Waals surface area contributed by atoms with E-state index in [4.69, 9.17) is 16.6 Å².